The van der Waals surface area contributed by atoms with Gasteiger partial charge in [-0.1, -0.05) is 12.1 Å². The smallest absolute Gasteiger partial charge is 0.475 e. The van der Waals surface area contributed by atoms with Crippen LogP contribution < -0.4 is 5.32 Å². The number of rotatable bonds is 2. The fourth-order valence-corrected chi connectivity index (χ4v) is 2.98. The van der Waals surface area contributed by atoms with Crippen molar-refractivity contribution in [2.45, 2.75) is 24.9 Å². The van der Waals surface area contributed by atoms with E-state index in [2.05, 4.69) is 15.4 Å². The van der Waals surface area contributed by atoms with Gasteiger partial charge in [0.15, 0.2) is 11.5 Å². The number of carbonyl (C=O) groups is 1. The van der Waals surface area contributed by atoms with Crippen molar-refractivity contribution < 1.29 is 27.5 Å². The summed E-state index contributed by atoms with van der Waals surface area (Å²) < 4.78 is 46.9. The number of carboxylic acid groups (broad SMARTS) is 1. The van der Waals surface area contributed by atoms with Crippen LogP contribution in [0.1, 0.15) is 24.6 Å². The summed E-state index contributed by atoms with van der Waals surface area (Å²) in [6.45, 7) is 2.02. The third-order valence-electron chi connectivity index (χ3n) is 4.41. The minimum Gasteiger partial charge on any atom is -0.475 e. The molecule has 2 N–H and O–H groups in total. The SMILES string of the molecule is Fc1cccc(-c2ccc3nc(C4CCCNC4)nn3c2)c1.O=C(O)C(F)(F)F. The van der Waals surface area contributed by atoms with Crippen LogP contribution in [0.2, 0.25) is 0 Å². The van der Waals surface area contributed by atoms with Crippen LogP contribution in [0, 0.1) is 5.82 Å². The van der Waals surface area contributed by atoms with Crippen LogP contribution in [0.5, 0.6) is 0 Å². The number of alkyl halides is 3. The highest BCUT2D eigenvalue weighted by Crippen LogP contribution is 2.23. The molecule has 3 aromatic rings. The maximum atomic E-state index is 13.4. The number of piperidine rings is 1. The van der Waals surface area contributed by atoms with E-state index < -0.39 is 12.1 Å². The van der Waals surface area contributed by atoms with Gasteiger partial charge < -0.3 is 10.4 Å². The van der Waals surface area contributed by atoms with E-state index in [4.69, 9.17) is 9.90 Å². The number of carboxylic acids is 1. The van der Waals surface area contributed by atoms with Gasteiger partial charge in [0, 0.05) is 24.2 Å². The molecule has 1 saturated heterocycles. The van der Waals surface area contributed by atoms with Gasteiger partial charge in [0.05, 0.1) is 0 Å². The Hall–Kier alpha value is -3.01. The van der Waals surface area contributed by atoms with Crippen LogP contribution in [0.3, 0.4) is 0 Å². The van der Waals surface area contributed by atoms with E-state index in [1.165, 1.54) is 12.1 Å². The number of nitrogens with zero attached hydrogens (tertiary/aromatic N) is 3. The zero-order chi connectivity index (χ0) is 21.0. The molecule has 2 aromatic heterocycles. The van der Waals surface area contributed by atoms with Crippen LogP contribution in [0.4, 0.5) is 17.6 Å². The molecule has 0 saturated carbocycles. The van der Waals surface area contributed by atoms with Crippen molar-refractivity contribution in [2.24, 2.45) is 0 Å². The number of benzene rings is 1. The number of pyridine rings is 1. The Morgan fingerprint density at radius 2 is 1.97 bits per heavy atom. The molecule has 0 radical (unpaired) electrons. The first kappa shape index (κ1) is 20.7. The molecule has 1 unspecified atom stereocenters. The molecule has 0 spiro atoms. The van der Waals surface area contributed by atoms with E-state index in [-0.39, 0.29) is 5.82 Å². The summed E-state index contributed by atoms with van der Waals surface area (Å²) in [5.41, 5.74) is 2.62. The fraction of sp³-hybridized carbons (Fsp3) is 0.316. The zero-order valence-electron chi connectivity index (χ0n) is 15.2. The molecule has 1 aliphatic heterocycles. The average molecular weight is 410 g/mol. The van der Waals surface area contributed by atoms with Gasteiger partial charge in [0.2, 0.25) is 0 Å². The van der Waals surface area contributed by atoms with E-state index >= 15 is 0 Å². The standard InChI is InChI=1S/C17H17FN4.C2HF3O2/c18-15-5-1-3-12(9-15)14-6-7-16-20-17(21-22(16)11-14)13-4-2-8-19-10-13;3-2(4,5)1(6)7/h1,3,5-7,9,11,13,19H,2,4,8,10H2;(H,6,7). The van der Waals surface area contributed by atoms with Crippen molar-refractivity contribution in [3.05, 3.63) is 54.2 Å². The second kappa shape index (κ2) is 8.56. The van der Waals surface area contributed by atoms with Crippen molar-refractivity contribution in [3.8, 4) is 11.1 Å². The van der Waals surface area contributed by atoms with Gasteiger partial charge in [-0.25, -0.2) is 18.7 Å². The quantitative estimate of drug-likeness (QED) is 0.631. The minimum atomic E-state index is -5.08. The highest BCUT2D eigenvalue weighted by Gasteiger charge is 2.38. The first-order valence-electron chi connectivity index (χ1n) is 8.87. The Labute approximate surface area is 163 Å². The number of hydrogen-bond donors (Lipinski definition) is 2. The second-order valence-electron chi connectivity index (χ2n) is 6.55. The first-order chi connectivity index (χ1) is 13.7. The van der Waals surface area contributed by atoms with Crippen LogP contribution in [-0.4, -0.2) is 44.9 Å². The highest BCUT2D eigenvalue weighted by atomic mass is 19.4. The molecule has 10 heteroatoms. The van der Waals surface area contributed by atoms with E-state index in [9.17, 15) is 17.6 Å². The third-order valence-corrected chi connectivity index (χ3v) is 4.41. The zero-order valence-corrected chi connectivity index (χ0v) is 15.2. The van der Waals surface area contributed by atoms with Gasteiger partial charge in [-0.2, -0.15) is 18.3 Å². The van der Waals surface area contributed by atoms with Gasteiger partial charge >= 0.3 is 12.1 Å². The van der Waals surface area contributed by atoms with Gasteiger partial charge in [-0.15, -0.1) is 0 Å². The van der Waals surface area contributed by atoms with Crippen LogP contribution in [0.25, 0.3) is 16.8 Å². The molecule has 3 heterocycles. The van der Waals surface area contributed by atoms with Gasteiger partial charge in [-0.05, 0) is 49.2 Å². The molecule has 0 bridgehead atoms. The Balaban J connectivity index is 0.000000298. The molecular weight excluding hydrogens is 392 g/mol. The summed E-state index contributed by atoms with van der Waals surface area (Å²) in [7, 11) is 0. The Morgan fingerprint density at radius 1 is 1.21 bits per heavy atom. The van der Waals surface area contributed by atoms with Gasteiger partial charge in [0.25, 0.3) is 0 Å². The molecule has 4 rings (SSSR count). The van der Waals surface area contributed by atoms with Gasteiger partial charge in [0.1, 0.15) is 5.82 Å². The summed E-state index contributed by atoms with van der Waals surface area (Å²) in [5.74, 6) is -1.72. The van der Waals surface area contributed by atoms with Crippen LogP contribution in [-0.2, 0) is 4.79 Å². The summed E-state index contributed by atoms with van der Waals surface area (Å²) in [6.07, 6.45) is -0.883. The third kappa shape index (κ3) is 5.29. The number of halogens is 4. The van der Waals surface area contributed by atoms with Crippen molar-refractivity contribution in [1.29, 1.82) is 0 Å². The summed E-state index contributed by atoms with van der Waals surface area (Å²) in [6, 6.07) is 10.5. The number of nitrogens with one attached hydrogen (secondary N) is 1. The fourth-order valence-electron chi connectivity index (χ4n) is 2.98. The lowest BCUT2D eigenvalue weighted by atomic mass is 9.99. The largest absolute Gasteiger partial charge is 0.490 e. The van der Waals surface area contributed by atoms with Crippen LogP contribution >= 0.6 is 0 Å². The highest BCUT2D eigenvalue weighted by molar-refractivity contribution is 5.73. The van der Waals surface area contributed by atoms with E-state index in [1.807, 2.05) is 24.4 Å². The molecule has 1 aromatic carbocycles. The summed E-state index contributed by atoms with van der Waals surface area (Å²) in [4.78, 5) is 13.5. The molecule has 1 fully saturated rings. The topological polar surface area (TPSA) is 79.5 Å². The van der Waals surface area contributed by atoms with Gasteiger partial charge in [-0.3, -0.25) is 0 Å². The lowest BCUT2D eigenvalue weighted by molar-refractivity contribution is -0.192. The Kier molecular flexibility index (Phi) is 6.12. The second-order valence-corrected chi connectivity index (χ2v) is 6.55. The lowest BCUT2D eigenvalue weighted by Crippen LogP contribution is -2.28. The molecule has 154 valence electrons. The van der Waals surface area contributed by atoms with Crippen LogP contribution in [0.15, 0.2) is 42.6 Å². The molecule has 6 nitrogen and oxygen atoms in total. The predicted octanol–water partition coefficient (Wildman–Crippen LogP) is 3.64. The lowest BCUT2D eigenvalue weighted by Gasteiger charge is -2.19. The van der Waals surface area contributed by atoms with Crippen molar-refractivity contribution in [2.75, 3.05) is 13.1 Å². The van der Waals surface area contributed by atoms with E-state index in [0.717, 1.165) is 48.5 Å². The number of fused-ring (bicyclic) bond motifs is 1. The maximum Gasteiger partial charge on any atom is 0.490 e. The molecule has 29 heavy (non-hydrogen) atoms. The molecule has 1 atom stereocenters. The minimum absolute atomic E-state index is 0.231. The Morgan fingerprint density at radius 3 is 2.59 bits per heavy atom. The number of aliphatic carboxylic acids is 1. The Bertz CT molecular complexity index is 997. The van der Waals surface area contributed by atoms with Crippen molar-refractivity contribution >= 4 is 11.6 Å². The van der Waals surface area contributed by atoms with Crippen molar-refractivity contribution in [1.82, 2.24) is 19.9 Å². The molecule has 1 aliphatic rings. The number of hydrogen-bond acceptors (Lipinski definition) is 4. The normalized spacial score (nSPS) is 16.9. The van der Waals surface area contributed by atoms with E-state index in [1.54, 1.807) is 10.6 Å². The average Bonchev–Trinajstić information content (AvgIpc) is 3.12. The van der Waals surface area contributed by atoms with Crippen molar-refractivity contribution in [3.63, 3.8) is 0 Å². The molecular formula is C19H18F4N4O2. The predicted molar refractivity (Wildman–Crippen MR) is 96.9 cm³/mol. The molecule has 0 amide bonds. The number of aromatic nitrogens is 3. The summed E-state index contributed by atoms with van der Waals surface area (Å²) >= 11 is 0. The monoisotopic (exact) mass is 410 g/mol. The first-order valence-corrected chi connectivity index (χ1v) is 8.87. The maximum absolute atomic E-state index is 13.4. The summed E-state index contributed by atoms with van der Waals surface area (Å²) in [5, 5.41) is 15.1. The molecule has 0 aliphatic carbocycles. The van der Waals surface area contributed by atoms with E-state index in [0.29, 0.717) is 5.92 Å².